The van der Waals surface area contributed by atoms with Crippen LogP contribution in [0.5, 0.6) is 0 Å². The first-order valence-corrected chi connectivity index (χ1v) is 8.48. The Hall–Kier alpha value is -2.33. The first-order chi connectivity index (χ1) is 11.1. The number of hydrogen-bond donors (Lipinski definition) is 1. The molecule has 3 rings (SSSR count). The van der Waals surface area contributed by atoms with Crippen molar-refractivity contribution in [3.8, 4) is 16.3 Å². The van der Waals surface area contributed by atoms with Crippen molar-refractivity contribution >= 4 is 17.3 Å². The van der Waals surface area contributed by atoms with Crippen molar-refractivity contribution in [2.75, 3.05) is 0 Å². The molecule has 3 nitrogen and oxygen atoms in total. The highest BCUT2D eigenvalue weighted by molar-refractivity contribution is 7.13. The van der Waals surface area contributed by atoms with Gasteiger partial charge in [-0.3, -0.25) is 4.79 Å². The molecule has 0 unspecified atom stereocenters. The smallest absolute Gasteiger partial charge is 0.303 e. The molecule has 0 atom stereocenters. The minimum absolute atomic E-state index is 0.138. The van der Waals surface area contributed by atoms with Crippen LogP contribution in [0.3, 0.4) is 0 Å². The first-order valence-electron chi connectivity index (χ1n) is 7.60. The Balaban J connectivity index is 2.16. The molecule has 118 valence electrons. The number of thiophene rings is 1. The Morgan fingerprint density at radius 1 is 1.17 bits per heavy atom. The summed E-state index contributed by atoms with van der Waals surface area (Å²) in [6.07, 6.45) is 0.660. The number of carboxylic acid groups (broad SMARTS) is 1. The van der Waals surface area contributed by atoms with Crippen LogP contribution in [0.2, 0.25) is 0 Å². The highest BCUT2D eigenvalue weighted by Crippen LogP contribution is 2.32. The van der Waals surface area contributed by atoms with Crippen LogP contribution in [0.1, 0.15) is 23.2 Å². The third-order valence-electron chi connectivity index (χ3n) is 3.94. The molecule has 0 aliphatic carbocycles. The Labute approximate surface area is 139 Å². The van der Waals surface area contributed by atoms with Crippen LogP contribution in [-0.2, 0) is 11.2 Å². The molecule has 4 heteroatoms. The van der Waals surface area contributed by atoms with Crippen molar-refractivity contribution in [1.29, 1.82) is 0 Å². The number of rotatable bonds is 5. The zero-order valence-electron chi connectivity index (χ0n) is 13.2. The second-order valence-corrected chi connectivity index (χ2v) is 6.65. The molecule has 0 radical (unpaired) electrons. The van der Waals surface area contributed by atoms with Crippen molar-refractivity contribution in [2.45, 2.75) is 26.7 Å². The lowest BCUT2D eigenvalue weighted by Gasteiger charge is -2.16. The quantitative estimate of drug-likeness (QED) is 0.729. The molecule has 1 aromatic carbocycles. The van der Waals surface area contributed by atoms with Gasteiger partial charge in [0.05, 0.1) is 17.0 Å². The summed E-state index contributed by atoms with van der Waals surface area (Å²) in [5.74, 6) is -0.767. The van der Waals surface area contributed by atoms with Gasteiger partial charge in [-0.15, -0.1) is 11.3 Å². The van der Waals surface area contributed by atoms with Gasteiger partial charge in [-0.1, -0.05) is 18.2 Å². The molecular formula is C19H19NO2S. The van der Waals surface area contributed by atoms with E-state index < -0.39 is 5.97 Å². The van der Waals surface area contributed by atoms with Crippen LogP contribution in [0, 0.1) is 13.8 Å². The summed E-state index contributed by atoms with van der Waals surface area (Å²) < 4.78 is 2.21. The molecule has 0 aliphatic heterocycles. The standard InChI is InChI=1S/C19H19NO2S/c1-13-5-6-14(2)17(12-13)20-15(8-10-19(21)22)7-9-16(20)18-4-3-11-23-18/h3-7,9,11-12H,8,10H2,1-2H3,(H,21,22). The summed E-state index contributed by atoms with van der Waals surface area (Å²) in [5, 5.41) is 11.1. The number of hydrogen-bond acceptors (Lipinski definition) is 2. The van der Waals surface area contributed by atoms with Crippen molar-refractivity contribution in [2.24, 2.45) is 0 Å². The average molecular weight is 325 g/mol. The monoisotopic (exact) mass is 325 g/mol. The molecule has 23 heavy (non-hydrogen) atoms. The zero-order valence-corrected chi connectivity index (χ0v) is 14.1. The number of carbonyl (C=O) groups is 1. The number of benzene rings is 1. The van der Waals surface area contributed by atoms with Crippen LogP contribution in [0.25, 0.3) is 16.3 Å². The van der Waals surface area contributed by atoms with E-state index in [9.17, 15) is 4.79 Å². The van der Waals surface area contributed by atoms with Crippen molar-refractivity contribution in [1.82, 2.24) is 4.57 Å². The second-order valence-electron chi connectivity index (χ2n) is 5.71. The molecule has 0 bridgehead atoms. The van der Waals surface area contributed by atoms with E-state index in [1.54, 1.807) is 11.3 Å². The van der Waals surface area contributed by atoms with E-state index in [1.165, 1.54) is 16.0 Å². The summed E-state index contributed by atoms with van der Waals surface area (Å²) in [5.41, 5.74) is 5.65. The summed E-state index contributed by atoms with van der Waals surface area (Å²) in [6.45, 7) is 4.17. The largest absolute Gasteiger partial charge is 0.481 e. The minimum atomic E-state index is -0.767. The molecule has 2 aromatic heterocycles. The van der Waals surface area contributed by atoms with Gasteiger partial charge in [-0.05, 0) is 61.0 Å². The fraction of sp³-hybridized carbons (Fsp3) is 0.211. The SMILES string of the molecule is Cc1ccc(C)c(-n2c(CCC(=O)O)ccc2-c2cccs2)c1. The lowest BCUT2D eigenvalue weighted by molar-refractivity contribution is -0.136. The number of nitrogens with zero attached hydrogens (tertiary/aromatic N) is 1. The number of aromatic nitrogens is 1. The lowest BCUT2D eigenvalue weighted by Crippen LogP contribution is -2.06. The van der Waals surface area contributed by atoms with E-state index in [-0.39, 0.29) is 6.42 Å². The Morgan fingerprint density at radius 3 is 2.70 bits per heavy atom. The molecule has 0 saturated heterocycles. The van der Waals surface area contributed by atoms with Crippen molar-refractivity contribution in [3.63, 3.8) is 0 Å². The number of aliphatic carboxylic acids is 1. The molecule has 0 amide bonds. The highest BCUT2D eigenvalue weighted by atomic mass is 32.1. The van der Waals surface area contributed by atoms with Crippen LogP contribution in [0.4, 0.5) is 0 Å². The van der Waals surface area contributed by atoms with Crippen LogP contribution in [0.15, 0.2) is 47.8 Å². The van der Waals surface area contributed by atoms with E-state index in [1.807, 2.05) is 12.1 Å². The van der Waals surface area contributed by atoms with Crippen molar-refractivity contribution < 1.29 is 9.90 Å². The van der Waals surface area contributed by atoms with Gasteiger partial charge in [0.1, 0.15) is 0 Å². The maximum Gasteiger partial charge on any atom is 0.303 e. The summed E-state index contributed by atoms with van der Waals surface area (Å²) >= 11 is 1.70. The van der Waals surface area contributed by atoms with E-state index >= 15 is 0 Å². The van der Waals surface area contributed by atoms with Crippen LogP contribution in [-0.4, -0.2) is 15.6 Å². The predicted molar refractivity (Wildman–Crippen MR) is 94.5 cm³/mol. The van der Waals surface area contributed by atoms with E-state index in [4.69, 9.17) is 5.11 Å². The van der Waals surface area contributed by atoms with Gasteiger partial charge in [-0.2, -0.15) is 0 Å². The van der Waals surface area contributed by atoms with Gasteiger partial charge < -0.3 is 9.67 Å². The summed E-state index contributed by atoms with van der Waals surface area (Å²) in [6, 6.07) is 14.6. The summed E-state index contributed by atoms with van der Waals surface area (Å²) in [7, 11) is 0. The molecule has 0 spiro atoms. The maximum atomic E-state index is 11.0. The third kappa shape index (κ3) is 3.22. The predicted octanol–water partition coefficient (Wildman–Crippen LogP) is 4.84. The fourth-order valence-electron chi connectivity index (χ4n) is 2.77. The van der Waals surface area contributed by atoms with Gasteiger partial charge in [0, 0.05) is 11.4 Å². The minimum Gasteiger partial charge on any atom is -0.481 e. The number of carboxylic acids is 1. The molecule has 2 heterocycles. The Kier molecular flexibility index (Phi) is 4.35. The average Bonchev–Trinajstić information content (AvgIpc) is 3.16. The van der Waals surface area contributed by atoms with Gasteiger partial charge in [0.25, 0.3) is 0 Å². The van der Waals surface area contributed by atoms with Gasteiger partial charge in [0.15, 0.2) is 0 Å². The zero-order chi connectivity index (χ0) is 16.4. The van der Waals surface area contributed by atoms with Crippen molar-refractivity contribution in [3.05, 3.63) is 64.7 Å². The van der Waals surface area contributed by atoms with E-state index in [2.05, 4.69) is 54.1 Å². The maximum absolute atomic E-state index is 11.0. The van der Waals surface area contributed by atoms with Gasteiger partial charge in [0.2, 0.25) is 0 Å². The first kappa shape index (κ1) is 15.6. The van der Waals surface area contributed by atoms with Gasteiger partial charge >= 0.3 is 5.97 Å². The number of aryl methyl sites for hydroxylation is 3. The molecule has 0 aliphatic rings. The Morgan fingerprint density at radius 2 is 2.00 bits per heavy atom. The normalized spacial score (nSPS) is 10.9. The molecule has 3 aromatic rings. The van der Waals surface area contributed by atoms with E-state index in [0.717, 1.165) is 17.1 Å². The fourth-order valence-corrected chi connectivity index (χ4v) is 3.51. The molecule has 0 saturated carbocycles. The third-order valence-corrected chi connectivity index (χ3v) is 4.83. The molecule has 1 N–H and O–H groups in total. The van der Waals surface area contributed by atoms with Crippen LogP contribution < -0.4 is 0 Å². The van der Waals surface area contributed by atoms with Crippen LogP contribution >= 0.6 is 11.3 Å². The molecule has 0 fully saturated rings. The summed E-state index contributed by atoms with van der Waals surface area (Å²) in [4.78, 5) is 12.2. The van der Waals surface area contributed by atoms with E-state index in [0.29, 0.717) is 6.42 Å². The lowest BCUT2D eigenvalue weighted by atomic mass is 10.1. The Bertz CT molecular complexity index is 831. The highest BCUT2D eigenvalue weighted by Gasteiger charge is 2.15. The van der Waals surface area contributed by atoms with Gasteiger partial charge in [-0.25, -0.2) is 0 Å². The topological polar surface area (TPSA) is 42.2 Å². The molecular weight excluding hydrogens is 306 g/mol. The second kappa shape index (κ2) is 6.42.